The van der Waals surface area contributed by atoms with E-state index in [1.54, 1.807) is 23.1 Å². The maximum Gasteiger partial charge on any atom is 0.252 e. The molecule has 0 aliphatic rings. The van der Waals surface area contributed by atoms with E-state index < -0.39 is 0 Å². The average Bonchev–Trinajstić information content (AvgIpc) is 3.00. The van der Waals surface area contributed by atoms with Crippen molar-refractivity contribution < 1.29 is 4.79 Å². The van der Waals surface area contributed by atoms with E-state index in [1.165, 1.54) is 4.88 Å². The Bertz CT molecular complexity index is 540. The minimum absolute atomic E-state index is 0.0201. The van der Waals surface area contributed by atoms with Crippen molar-refractivity contribution in [2.24, 2.45) is 0 Å². The molecule has 0 unspecified atom stereocenters. The van der Waals surface area contributed by atoms with Crippen LogP contribution in [-0.2, 0) is 5.75 Å². The predicted octanol–water partition coefficient (Wildman–Crippen LogP) is 4.13. The first-order chi connectivity index (χ1) is 9.81. The Morgan fingerprint density at radius 2 is 2.10 bits per heavy atom. The number of carbonyl (C=O) groups is 1. The summed E-state index contributed by atoms with van der Waals surface area (Å²) in [5.41, 5.74) is 0.767. The Morgan fingerprint density at radius 3 is 2.85 bits per heavy atom. The summed E-state index contributed by atoms with van der Waals surface area (Å²) in [4.78, 5) is 14.5. The lowest BCUT2D eigenvalue weighted by molar-refractivity contribution is 0.0953. The van der Waals surface area contributed by atoms with Gasteiger partial charge in [0.05, 0.1) is 5.56 Å². The van der Waals surface area contributed by atoms with Crippen LogP contribution >= 0.6 is 34.9 Å². The highest BCUT2D eigenvalue weighted by Crippen LogP contribution is 2.20. The van der Waals surface area contributed by atoms with Crippen LogP contribution in [0.2, 0.25) is 0 Å². The molecule has 1 N–H and O–H groups in total. The third-order valence-electron chi connectivity index (χ3n) is 2.71. The number of nitrogens with one attached hydrogen (secondary N) is 1. The van der Waals surface area contributed by atoms with E-state index in [9.17, 15) is 4.79 Å². The van der Waals surface area contributed by atoms with Crippen molar-refractivity contribution in [1.82, 2.24) is 5.32 Å². The second-order valence-electron chi connectivity index (χ2n) is 4.09. The van der Waals surface area contributed by atoms with Crippen molar-refractivity contribution >= 4 is 40.8 Å². The van der Waals surface area contributed by atoms with E-state index in [1.807, 2.05) is 42.3 Å². The molecule has 1 aromatic heterocycles. The summed E-state index contributed by atoms with van der Waals surface area (Å²) in [6.07, 6.45) is 1.99. The van der Waals surface area contributed by atoms with Crippen LogP contribution in [0.1, 0.15) is 15.2 Å². The van der Waals surface area contributed by atoms with Crippen LogP contribution in [0.5, 0.6) is 0 Å². The van der Waals surface area contributed by atoms with Gasteiger partial charge >= 0.3 is 0 Å². The molecule has 0 bridgehead atoms. The molecule has 2 nitrogen and oxygen atoms in total. The minimum atomic E-state index is 0.0201. The van der Waals surface area contributed by atoms with Crippen molar-refractivity contribution in [2.45, 2.75) is 10.6 Å². The van der Waals surface area contributed by atoms with Crippen molar-refractivity contribution in [1.29, 1.82) is 0 Å². The standard InChI is InChI=1S/C15H17NOS3/c1-18-14-7-3-2-6-13(14)15(17)16-8-10-19-11-12-5-4-9-20-12/h2-7,9H,8,10-11H2,1H3,(H,16,17). The normalized spacial score (nSPS) is 10.4. The molecule has 0 fully saturated rings. The van der Waals surface area contributed by atoms with Crippen LogP contribution in [-0.4, -0.2) is 24.5 Å². The summed E-state index contributed by atoms with van der Waals surface area (Å²) in [5.74, 6) is 1.98. The average molecular weight is 324 g/mol. The van der Waals surface area contributed by atoms with Crippen LogP contribution < -0.4 is 5.32 Å². The van der Waals surface area contributed by atoms with Gasteiger partial charge in [0.1, 0.15) is 0 Å². The highest BCUT2D eigenvalue weighted by atomic mass is 32.2. The maximum absolute atomic E-state index is 12.1. The van der Waals surface area contributed by atoms with Gasteiger partial charge in [-0.3, -0.25) is 4.79 Å². The molecule has 2 aromatic rings. The maximum atomic E-state index is 12.1. The Hall–Kier alpha value is -0.910. The Labute approximate surface area is 132 Å². The zero-order valence-electron chi connectivity index (χ0n) is 11.3. The highest BCUT2D eigenvalue weighted by molar-refractivity contribution is 7.98. The Balaban J connectivity index is 1.72. The summed E-state index contributed by atoms with van der Waals surface area (Å²) in [7, 11) is 0. The van der Waals surface area contributed by atoms with Crippen molar-refractivity contribution in [2.75, 3.05) is 18.6 Å². The fourth-order valence-electron chi connectivity index (χ4n) is 1.73. The molecule has 0 saturated carbocycles. The molecular weight excluding hydrogens is 306 g/mol. The number of rotatable bonds is 7. The minimum Gasteiger partial charge on any atom is -0.351 e. The zero-order valence-corrected chi connectivity index (χ0v) is 13.7. The number of hydrogen-bond acceptors (Lipinski definition) is 4. The lowest BCUT2D eigenvalue weighted by atomic mass is 10.2. The van der Waals surface area contributed by atoms with Gasteiger partial charge in [-0.15, -0.1) is 23.1 Å². The van der Waals surface area contributed by atoms with Gasteiger partial charge in [0.15, 0.2) is 0 Å². The first-order valence-electron chi connectivity index (χ1n) is 6.32. The molecule has 0 saturated heterocycles. The van der Waals surface area contributed by atoms with E-state index in [4.69, 9.17) is 0 Å². The Morgan fingerprint density at radius 1 is 1.25 bits per heavy atom. The number of thioether (sulfide) groups is 2. The molecule has 1 amide bonds. The number of carbonyl (C=O) groups excluding carboxylic acids is 1. The SMILES string of the molecule is CSc1ccccc1C(=O)NCCSCc1cccs1. The van der Waals surface area contributed by atoms with Crippen molar-refractivity contribution in [3.05, 3.63) is 52.2 Å². The smallest absolute Gasteiger partial charge is 0.252 e. The molecule has 0 aliphatic heterocycles. The summed E-state index contributed by atoms with van der Waals surface area (Å²) in [5, 5.41) is 5.08. The van der Waals surface area contributed by atoms with Crippen molar-refractivity contribution in [3.63, 3.8) is 0 Å². The van der Waals surface area contributed by atoms with Crippen LogP contribution in [0.15, 0.2) is 46.7 Å². The number of thiophene rings is 1. The molecule has 1 heterocycles. The van der Waals surface area contributed by atoms with Crippen LogP contribution in [0, 0.1) is 0 Å². The van der Waals surface area contributed by atoms with E-state index in [-0.39, 0.29) is 5.91 Å². The molecule has 20 heavy (non-hydrogen) atoms. The first kappa shape index (κ1) is 15.5. The van der Waals surface area contributed by atoms with Gasteiger partial charge in [0, 0.05) is 27.8 Å². The fraction of sp³-hybridized carbons (Fsp3) is 0.267. The van der Waals surface area contributed by atoms with Gasteiger partial charge in [0.25, 0.3) is 5.91 Å². The molecule has 0 atom stereocenters. The van der Waals surface area contributed by atoms with Crippen LogP contribution in [0.3, 0.4) is 0 Å². The number of benzene rings is 1. The van der Waals surface area contributed by atoms with E-state index >= 15 is 0 Å². The zero-order chi connectivity index (χ0) is 14.2. The van der Waals surface area contributed by atoms with Gasteiger partial charge < -0.3 is 5.32 Å². The summed E-state index contributed by atoms with van der Waals surface area (Å²) < 4.78 is 0. The molecule has 0 aliphatic carbocycles. The van der Waals surface area contributed by atoms with E-state index in [2.05, 4.69) is 22.8 Å². The quantitative estimate of drug-likeness (QED) is 0.613. The van der Waals surface area contributed by atoms with E-state index in [0.29, 0.717) is 6.54 Å². The van der Waals surface area contributed by atoms with Gasteiger partial charge in [-0.05, 0) is 29.8 Å². The van der Waals surface area contributed by atoms with Gasteiger partial charge in [-0.1, -0.05) is 18.2 Å². The lowest BCUT2D eigenvalue weighted by Crippen LogP contribution is -2.26. The number of hydrogen-bond donors (Lipinski definition) is 1. The Kier molecular flexibility index (Phi) is 6.50. The van der Waals surface area contributed by atoms with Gasteiger partial charge in [-0.2, -0.15) is 11.8 Å². The third-order valence-corrected chi connectivity index (χ3v) is 5.57. The first-order valence-corrected chi connectivity index (χ1v) is 9.58. The predicted molar refractivity (Wildman–Crippen MR) is 91.0 cm³/mol. The monoisotopic (exact) mass is 323 g/mol. The summed E-state index contributed by atoms with van der Waals surface area (Å²) in [6, 6.07) is 11.9. The molecule has 0 radical (unpaired) electrons. The molecule has 106 valence electrons. The largest absolute Gasteiger partial charge is 0.351 e. The molecular formula is C15H17NOS3. The van der Waals surface area contributed by atoms with Crippen molar-refractivity contribution in [3.8, 4) is 0 Å². The second kappa shape index (κ2) is 8.39. The van der Waals surface area contributed by atoms with Crippen LogP contribution in [0.25, 0.3) is 0 Å². The highest BCUT2D eigenvalue weighted by Gasteiger charge is 2.09. The molecule has 2 rings (SSSR count). The van der Waals surface area contributed by atoms with Gasteiger partial charge in [0.2, 0.25) is 0 Å². The fourth-order valence-corrected chi connectivity index (χ4v) is 4.03. The molecule has 5 heteroatoms. The van der Waals surface area contributed by atoms with Crippen LogP contribution in [0.4, 0.5) is 0 Å². The summed E-state index contributed by atoms with van der Waals surface area (Å²) in [6.45, 7) is 0.706. The number of amides is 1. The third kappa shape index (κ3) is 4.58. The second-order valence-corrected chi connectivity index (χ2v) is 7.07. The summed E-state index contributed by atoms with van der Waals surface area (Å²) >= 11 is 5.23. The van der Waals surface area contributed by atoms with E-state index in [0.717, 1.165) is 22.0 Å². The van der Waals surface area contributed by atoms with Gasteiger partial charge in [-0.25, -0.2) is 0 Å². The lowest BCUT2D eigenvalue weighted by Gasteiger charge is -2.08. The topological polar surface area (TPSA) is 29.1 Å². The molecule has 0 spiro atoms. The molecule has 1 aromatic carbocycles.